The number of hydrogen-bond donors (Lipinski definition) is 3. The normalized spacial score (nSPS) is 17.4. The van der Waals surface area contributed by atoms with Gasteiger partial charge in [0.2, 0.25) is 11.0 Å². The number of nitrogens with one attached hydrogen (secondary N) is 2. The first-order chi connectivity index (χ1) is 19.5. The molecule has 214 valence electrons. The van der Waals surface area contributed by atoms with Crippen molar-refractivity contribution in [2.24, 2.45) is 5.11 Å². The summed E-state index contributed by atoms with van der Waals surface area (Å²) in [7, 11) is 0. The number of hydrogen-bond acceptors (Lipinski definition) is 6. The van der Waals surface area contributed by atoms with Gasteiger partial charge in [-0.2, -0.15) is 0 Å². The average molecular weight is 586 g/mol. The molecule has 1 saturated heterocycles. The molecule has 41 heavy (non-hydrogen) atoms. The van der Waals surface area contributed by atoms with Gasteiger partial charge in [-0.25, -0.2) is 13.6 Å². The minimum absolute atomic E-state index is 0.0503. The first-order valence-electron chi connectivity index (χ1n) is 12.7. The number of carbonyl (C=O) groups is 2. The lowest BCUT2D eigenvalue weighted by Crippen LogP contribution is -2.47. The van der Waals surface area contributed by atoms with Gasteiger partial charge in [-0.15, -0.1) is 0 Å². The summed E-state index contributed by atoms with van der Waals surface area (Å²) in [5.41, 5.74) is 7.45. The number of benzene rings is 2. The fourth-order valence-corrected chi connectivity index (χ4v) is 5.21. The first kappa shape index (κ1) is 29.7. The Hall–Kier alpha value is -4.25. The van der Waals surface area contributed by atoms with Gasteiger partial charge in [-0.3, -0.25) is 14.7 Å². The van der Waals surface area contributed by atoms with Crippen molar-refractivity contribution in [1.82, 2.24) is 14.8 Å². The van der Waals surface area contributed by atoms with Gasteiger partial charge in [0.05, 0.1) is 30.7 Å². The third-order valence-electron chi connectivity index (χ3n) is 6.97. The lowest BCUT2D eigenvalue weighted by molar-refractivity contribution is -0.117. The number of nitrogens with zero attached hydrogens (tertiary/aromatic N) is 4. The summed E-state index contributed by atoms with van der Waals surface area (Å²) in [5, 5.41) is 16.6. The Morgan fingerprint density at radius 1 is 1.24 bits per heavy atom. The molecule has 1 aliphatic heterocycles. The average Bonchev–Trinajstić information content (AvgIpc) is 3.23. The zero-order valence-electron chi connectivity index (χ0n) is 22.2. The van der Waals surface area contributed by atoms with Crippen LogP contribution in [0.3, 0.4) is 0 Å². The second-order valence-electron chi connectivity index (χ2n) is 9.98. The van der Waals surface area contributed by atoms with Crippen molar-refractivity contribution in [2.75, 3.05) is 11.9 Å². The van der Waals surface area contributed by atoms with Gasteiger partial charge in [-0.1, -0.05) is 35.9 Å². The Balaban J connectivity index is 1.64. The zero-order chi connectivity index (χ0) is 29.7. The molecule has 3 N–H and O–H groups in total. The summed E-state index contributed by atoms with van der Waals surface area (Å²) >= 11 is 6.05. The number of carbonyl (C=O) groups excluding carboxylic acids is 1. The molecule has 2 amide bonds. The monoisotopic (exact) mass is 585 g/mol. The van der Waals surface area contributed by atoms with Gasteiger partial charge in [-0.05, 0) is 62.1 Å². The molecule has 1 aromatic heterocycles. The number of amides is 2. The maximum absolute atomic E-state index is 15.0. The smallest absolute Gasteiger partial charge is 0.409 e. The van der Waals surface area contributed by atoms with Gasteiger partial charge in [0, 0.05) is 16.5 Å². The highest BCUT2D eigenvalue weighted by Crippen LogP contribution is 2.34. The highest BCUT2D eigenvalue weighted by atomic mass is 35.5. The number of ether oxygens (including phenoxy) is 1. The maximum atomic E-state index is 15.0. The Labute approximate surface area is 239 Å². The number of carboxylic acid groups (broad SMARTS) is 1. The minimum atomic E-state index is -1.35. The fourth-order valence-electron chi connectivity index (χ4n) is 5.08. The quantitative estimate of drug-likeness (QED) is 0.216. The van der Waals surface area contributed by atoms with Gasteiger partial charge < -0.3 is 15.2 Å². The summed E-state index contributed by atoms with van der Waals surface area (Å²) < 4.78 is 34.8. The van der Waals surface area contributed by atoms with E-state index in [2.05, 4.69) is 20.3 Å². The van der Waals surface area contributed by atoms with Gasteiger partial charge >= 0.3 is 6.09 Å². The number of aromatic nitrogens is 1. The lowest BCUT2D eigenvalue weighted by Gasteiger charge is -2.31. The molecule has 2 heterocycles. The molecule has 13 heteroatoms. The van der Waals surface area contributed by atoms with Crippen molar-refractivity contribution in [3.8, 4) is 0 Å². The predicted octanol–water partition coefficient (Wildman–Crippen LogP) is 5.75. The summed E-state index contributed by atoms with van der Waals surface area (Å²) in [6.45, 7) is 3.41. The van der Waals surface area contributed by atoms with E-state index in [1.54, 1.807) is 44.2 Å². The summed E-state index contributed by atoms with van der Waals surface area (Å²) in [4.78, 5) is 33.7. The molecule has 0 saturated carbocycles. The van der Waals surface area contributed by atoms with Gasteiger partial charge in [0.1, 0.15) is 28.0 Å². The molecular weight excluding hydrogens is 558 g/mol. The van der Waals surface area contributed by atoms with Crippen LogP contribution in [-0.4, -0.2) is 51.4 Å². The van der Waals surface area contributed by atoms with Crippen LogP contribution in [0.4, 0.5) is 19.3 Å². The number of anilines is 1. The van der Waals surface area contributed by atoms with Crippen molar-refractivity contribution >= 4 is 29.3 Å². The van der Waals surface area contributed by atoms with Crippen molar-refractivity contribution in [3.63, 3.8) is 0 Å². The Bertz CT molecular complexity index is 1480. The predicted molar refractivity (Wildman–Crippen MR) is 146 cm³/mol. The van der Waals surface area contributed by atoms with Crippen LogP contribution in [0.25, 0.3) is 0 Å². The molecule has 1 aliphatic rings. The summed E-state index contributed by atoms with van der Waals surface area (Å²) in [6.07, 6.45) is 1.39. The maximum Gasteiger partial charge on any atom is 0.409 e. The first-order valence-corrected chi connectivity index (χ1v) is 13.1. The molecular formula is C28H28ClF2N6O4+. The molecule has 1 fully saturated rings. The Morgan fingerprint density at radius 3 is 2.63 bits per heavy atom. The lowest BCUT2D eigenvalue weighted by atomic mass is 9.84. The zero-order valence-corrected chi connectivity index (χ0v) is 23.0. The van der Waals surface area contributed by atoms with Crippen molar-refractivity contribution in [3.05, 3.63) is 94.3 Å². The van der Waals surface area contributed by atoms with Crippen LogP contribution in [0.15, 0.2) is 66.0 Å². The Morgan fingerprint density at radius 2 is 1.98 bits per heavy atom. The van der Waals surface area contributed by atoms with Crippen molar-refractivity contribution in [2.45, 2.75) is 50.4 Å². The molecule has 1 unspecified atom stereocenters. The molecule has 2 aromatic carbocycles. The Kier molecular flexibility index (Phi) is 9.07. The minimum Gasteiger partial charge on any atom is -0.465 e. The van der Waals surface area contributed by atoms with E-state index in [-0.39, 0.29) is 30.7 Å². The summed E-state index contributed by atoms with van der Waals surface area (Å²) in [5.74, 6) is -2.84. The highest BCUT2D eigenvalue weighted by molar-refractivity contribution is 6.30. The summed E-state index contributed by atoms with van der Waals surface area (Å²) in [6, 6.07) is 10.3. The highest BCUT2D eigenvalue weighted by Gasteiger charge is 2.44. The molecule has 3 atom stereocenters. The molecule has 3 aromatic rings. The standard InChI is InChI=1S/C28H27ClF2N6O4/c1-28(2)37(27(39)40)20(15-41-28)10-11-21-22(31)13-33-14-23(21)34-26(38)25(35-36-32)24(16-6-8-18(29)9-7-16)17-4-3-5-19(30)12-17/h3-9,12-14,20,24-25,32H,10-11,15H2,1-2H3,(H-,34,38,39,40)/p+1/t20?,24-,25-/m0/s1. The van der Waals surface area contributed by atoms with E-state index in [0.29, 0.717) is 16.1 Å². The molecule has 10 nitrogen and oxygen atoms in total. The van der Waals surface area contributed by atoms with Crippen LogP contribution in [0.1, 0.15) is 42.9 Å². The van der Waals surface area contributed by atoms with Gasteiger partial charge in [0.25, 0.3) is 5.91 Å². The second kappa shape index (κ2) is 12.5. The van der Waals surface area contributed by atoms with Crippen molar-refractivity contribution in [1.29, 1.82) is 5.53 Å². The molecule has 0 aliphatic carbocycles. The van der Waals surface area contributed by atoms with Gasteiger partial charge in [0.15, 0.2) is 0 Å². The van der Waals surface area contributed by atoms with Crippen LogP contribution >= 0.6 is 11.6 Å². The number of rotatable bonds is 9. The fraction of sp³-hybridized carbons (Fsp3) is 0.321. The van der Waals surface area contributed by atoms with E-state index >= 15 is 4.39 Å². The van der Waals surface area contributed by atoms with E-state index in [0.717, 1.165) is 6.20 Å². The van der Waals surface area contributed by atoms with E-state index in [4.69, 9.17) is 21.9 Å². The van der Waals surface area contributed by atoms with Crippen LogP contribution in [0.5, 0.6) is 0 Å². The molecule has 4 rings (SSSR count). The second-order valence-corrected chi connectivity index (χ2v) is 10.4. The topological polar surface area (TPSA) is 142 Å². The molecule has 0 spiro atoms. The van der Waals surface area contributed by atoms with E-state index in [9.17, 15) is 19.1 Å². The third-order valence-corrected chi connectivity index (χ3v) is 7.23. The van der Waals surface area contributed by atoms with Crippen LogP contribution < -0.4 is 10.2 Å². The number of halogens is 3. The van der Waals surface area contributed by atoms with Crippen LogP contribution in [0, 0.1) is 17.2 Å². The van der Waals surface area contributed by atoms with E-state index in [1.807, 2.05) is 0 Å². The molecule has 0 radical (unpaired) electrons. The van der Waals surface area contributed by atoms with Crippen LogP contribution in [-0.2, 0) is 16.0 Å². The van der Waals surface area contributed by atoms with Crippen molar-refractivity contribution < 1.29 is 28.2 Å². The van der Waals surface area contributed by atoms with E-state index < -0.39 is 47.4 Å². The SMILES string of the molecule is CC1(C)OCC(CCc2c(F)cncc2NC(=O)[C@@H](N=[N+]=N)[C@@H](c2ccc(Cl)cc2)c2cccc(F)c2)N1C(=O)O. The van der Waals surface area contributed by atoms with Crippen LogP contribution in [0.2, 0.25) is 5.02 Å². The third kappa shape index (κ3) is 6.74. The largest absolute Gasteiger partial charge is 0.465 e. The molecule has 0 bridgehead atoms. The van der Waals surface area contributed by atoms with E-state index in [1.165, 1.54) is 29.3 Å². The number of pyridine rings is 1.